The van der Waals surface area contributed by atoms with E-state index in [4.69, 9.17) is 0 Å². The van der Waals surface area contributed by atoms with E-state index in [0.29, 0.717) is 0 Å². The lowest BCUT2D eigenvalue weighted by atomic mass is 10.1. The third-order valence-corrected chi connectivity index (χ3v) is 3.05. The van der Waals surface area contributed by atoms with Gasteiger partial charge in [0.05, 0.1) is 0 Å². The molecule has 2 rings (SSSR count). The lowest BCUT2D eigenvalue weighted by Gasteiger charge is -2.10. The van der Waals surface area contributed by atoms with Crippen molar-refractivity contribution in [3.8, 4) is 0 Å². The molecule has 2 aliphatic rings. The molecule has 0 amide bonds. The summed E-state index contributed by atoms with van der Waals surface area (Å²) in [5.74, 6) is 1.96. The summed E-state index contributed by atoms with van der Waals surface area (Å²) in [6.45, 7) is 5.13. The predicted molar refractivity (Wildman–Crippen MR) is 51.2 cm³/mol. The van der Waals surface area contributed by atoms with Crippen LogP contribution in [0.2, 0.25) is 0 Å². The molecule has 1 saturated heterocycles. The molecule has 0 aromatic rings. The highest BCUT2D eigenvalue weighted by atomic mass is 15.1. The van der Waals surface area contributed by atoms with Crippen LogP contribution in [-0.4, -0.2) is 38.1 Å². The third-order valence-electron chi connectivity index (χ3n) is 3.05. The van der Waals surface area contributed by atoms with Gasteiger partial charge in [0.15, 0.2) is 0 Å². The van der Waals surface area contributed by atoms with Crippen LogP contribution >= 0.6 is 0 Å². The Balaban J connectivity index is 1.54. The predicted octanol–water partition coefficient (Wildman–Crippen LogP) is 0.938. The minimum absolute atomic E-state index is 0.925. The second-order valence-corrected chi connectivity index (χ2v) is 4.52. The molecule has 0 aromatic carbocycles. The maximum Gasteiger partial charge on any atom is 0.00192 e. The molecular formula is C10H20N2. The number of rotatable bonds is 4. The standard InChI is InChI=1S/C10H20N2/c1-12-5-4-10(8-12)7-11-6-9-2-3-9/h9-11H,2-8H2,1H3. The van der Waals surface area contributed by atoms with E-state index in [1.54, 1.807) is 0 Å². The van der Waals surface area contributed by atoms with E-state index in [-0.39, 0.29) is 0 Å². The van der Waals surface area contributed by atoms with Crippen LogP contribution in [0.5, 0.6) is 0 Å². The number of hydrogen-bond donors (Lipinski definition) is 1. The zero-order valence-corrected chi connectivity index (χ0v) is 8.05. The van der Waals surface area contributed by atoms with E-state index in [1.165, 1.54) is 45.4 Å². The van der Waals surface area contributed by atoms with Gasteiger partial charge >= 0.3 is 0 Å². The van der Waals surface area contributed by atoms with Gasteiger partial charge in [-0.05, 0) is 57.8 Å². The van der Waals surface area contributed by atoms with Gasteiger partial charge in [-0.2, -0.15) is 0 Å². The molecular weight excluding hydrogens is 148 g/mol. The van der Waals surface area contributed by atoms with Crippen LogP contribution in [0.15, 0.2) is 0 Å². The first-order chi connectivity index (χ1) is 5.84. The number of likely N-dealkylation sites (tertiary alicyclic amines) is 1. The van der Waals surface area contributed by atoms with E-state index in [0.717, 1.165) is 11.8 Å². The second-order valence-electron chi connectivity index (χ2n) is 4.52. The molecule has 1 aliphatic heterocycles. The second kappa shape index (κ2) is 3.75. The highest BCUT2D eigenvalue weighted by Crippen LogP contribution is 2.27. The zero-order chi connectivity index (χ0) is 8.39. The van der Waals surface area contributed by atoms with Crippen LogP contribution in [-0.2, 0) is 0 Å². The minimum atomic E-state index is 0.925. The maximum absolute atomic E-state index is 3.58. The van der Waals surface area contributed by atoms with E-state index >= 15 is 0 Å². The van der Waals surface area contributed by atoms with Gasteiger partial charge in [-0.15, -0.1) is 0 Å². The Morgan fingerprint density at radius 1 is 1.17 bits per heavy atom. The molecule has 1 saturated carbocycles. The van der Waals surface area contributed by atoms with Gasteiger partial charge in [0.1, 0.15) is 0 Å². The summed E-state index contributed by atoms with van der Waals surface area (Å²) >= 11 is 0. The fraction of sp³-hybridized carbons (Fsp3) is 1.00. The van der Waals surface area contributed by atoms with Gasteiger partial charge in [-0.1, -0.05) is 0 Å². The highest BCUT2D eigenvalue weighted by Gasteiger charge is 2.22. The fourth-order valence-corrected chi connectivity index (χ4v) is 2.01. The van der Waals surface area contributed by atoms with Gasteiger partial charge in [-0.25, -0.2) is 0 Å². The number of hydrogen-bond acceptors (Lipinski definition) is 2. The van der Waals surface area contributed by atoms with Crippen molar-refractivity contribution in [3.05, 3.63) is 0 Å². The molecule has 0 spiro atoms. The van der Waals surface area contributed by atoms with Crippen molar-refractivity contribution in [2.45, 2.75) is 19.3 Å². The Morgan fingerprint density at radius 2 is 1.92 bits per heavy atom. The van der Waals surface area contributed by atoms with Crippen LogP contribution in [0, 0.1) is 11.8 Å². The Labute approximate surface area is 75.3 Å². The van der Waals surface area contributed by atoms with Crippen molar-refractivity contribution in [2.75, 3.05) is 33.2 Å². The molecule has 2 fully saturated rings. The van der Waals surface area contributed by atoms with Crippen LogP contribution in [0.25, 0.3) is 0 Å². The lowest BCUT2D eigenvalue weighted by Crippen LogP contribution is -2.26. The quantitative estimate of drug-likeness (QED) is 0.672. The van der Waals surface area contributed by atoms with Crippen LogP contribution < -0.4 is 5.32 Å². The summed E-state index contributed by atoms with van der Waals surface area (Å²) in [6.07, 6.45) is 4.34. The molecule has 0 radical (unpaired) electrons. The Kier molecular flexibility index (Phi) is 2.66. The largest absolute Gasteiger partial charge is 0.316 e. The molecule has 1 aliphatic carbocycles. The smallest absolute Gasteiger partial charge is 0.00192 e. The molecule has 1 heterocycles. The topological polar surface area (TPSA) is 15.3 Å². The van der Waals surface area contributed by atoms with Crippen molar-refractivity contribution < 1.29 is 0 Å². The first-order valence-electron chi connectivity index (χ1n) is 5.24. The monoisotopic (exact) mass is 168 g/mol. The number of nitrogens with one attached hydrogen (secondary N) is 1. The fourth-order valence-electron chi connectivity index (χ4n) is 2.01. The van der Waals surface area contributed by atoms with Gasteiger partial charge in [0.25, 0.3) is 0 Å². The molecule has 1 unspecified atom stereocenters. The maximum atomic E-state index is 3.58. The minimum Gasteiger partial charge on any atom is -0.316 e. The Hall–Kier alpha value is -0.0800. The Bertz CT molecular complexity index is 143. The van der Waals surface area contributed by atoms with E-state index in [2.05, 4.69) is 17.3 Å². The Morgan fingerprint density at radius 3 is 2.50 bits per heavy atom. The van der Waals surface area contributed by atoms with Gasteiger partial charge in [0.2, 0.25) is 0 Å². The van der Waals surface area contributed by atoms with Gasteiger partial charge < -0.3 is 10.2 Å². The summed E-state index contributed by atoms with van der Waals surface area (Å²) < 4.78 is 0. The summed E-state index contributed by atoms with van der Waals surface area (Å²) in [4.78, 5) is 2.43. The van der Waals surface area contributed by atoms with E-state index in [9.17, 15) is 0 Å². The average Bonchev–Trinajstić information content (AvgIpc) is 2.76. The summed E-state index contributed by atoms with van der Waals surface area (Å²) in [6, 6.07) is 0. The summed E-state index contributed by atoms with van der Waals surface area (Å²) in [7, 11) is 2.22. The van der Waals surface area contributed by atoms with Crippen LogP contribution in [0.4, 0.5) is 0 Å². The molecule has 12 heavy (non-hydrogen) atoms. The van der Waals surface area contributed by atoms with Gasteiger partial charge in [0, 0.05) is 6.54 Å². The third kappa shape index (κ3) is 2.46. The normalized spacial score (nSPS) is 31.2. The van der Waals surface area contributed by atoms with Crippen LogP contribution in [0.1, 0.15) is 19.3 Å². The van der Waals surface area contributed by atoms with E-state index < -0.39 is 0 Å². The molecule has 1 N–H and O–H groups in total. The lowest BCUT2D eigenvalue weighted by molar-refractivity contribution is 0.387. The number of nitrogens with zero attached hydrogens (tertiary/aromatic N) is 1. The van der Waals surface area contributed by atoms with Crippen LogP contribution in [0.3, 0.4) is 0 Å². The summed E-state index contributed by atoms with van der Waals surface area (Å²) in [5, 5.41) is 3.58. The van der Waals surface area contributed by atoms with Crippen molar-refractivity contribution in [2.24, 2.45) is 11.8 Å². The van der Waals surface area contributed by atoms with Crippen molar-refractivity contribution in [3.63, 3.8) is 0 Å². The molecule has 70 valence electrons. The van der Waals surface area contributed by atoms with E-state index in [1.807, 2.05) is 0 Å². The molecule has 0 aromatic heterocycles. The zero-order valence-electron chi connectivity index (χ0n) is 8.05. The average molecular weight is 168 g/mol. The SMILES string of the molecule is CN1CCC(CNCC2CC2)C1. The van der Waals surface area contributed by atoms with Gasteiger partial charge in [-0.3, -0.25) is 0 Å². The van der Waals surface area contributed by atoms with Crippen molar-refractivity contribution >= 4 is 0 Å². The molecule has 2 nitrogen and oxygen atoms in total. The van der Waals surface area contributed by atoms with Crippen molar-refractivity contribution in [1.29, 1.82) is 0 Å². The molecule has 0 bridgehead atoms. The first kappa shape index (κ1) is 8.52. The highest BCUT2D eigenvalue weighted by molar-refractivity contribution is 4.78. The van der Waals surface area contributed by atoms with Crippen molar-refractivity contribution in [1.82, 2.24) is 10.2 Å². The molecule has 2 heteroatoms. The summed E-state index contributed by atoms with van der Waals surface area (Å²) in [5.41, 5.74) is 0. The molecule has 1 atom stereocenters. The first-order valence-corrected chi connectivity index (χ1v) is 5.24.